The van der Waals surface area contributed by atoms with Crippen LogP contribution < -0.4 is 9.64 Å². The Kier molecular flexibility index (Phi) is 8.27. The minimum absolute atomic E-state index is 0.0263. The fourth-order valence-corrected chi connectivity index (χ4v) is 4.65. The normalized spacial score (nSPS) is 14.8. The lowest BCUT2D eigenvalue weighted by atomic mass is 10.1. The number of carbonyl (C=O) groups is 4. The van der Waals surface area contributed by atoms with Gasteiger partial charge in [0.15, 0.2) is 0 Å². The summed E-state index contributed by atoms with van der Waals surface area (Å²) in [7, 11) is 0. The van der Waals surface area contributed by atoms with Crippen LogP contribution in [0.25, 0.3) is 0 Å². The van der Waals surface area contributed by atoms with Gasteiger partial charge >= 0.3 is 5.97 Å². The van der Waals surface area contributed by atoms with Crippen LogP contribution in [0.1, 0.15) is 29.3 Å². The molecule has 12 heteroatoms. The second-order valence-corrected chi connectivity index (χ2v) is 9.52. The molecular weight excluding hydrogens is 549 g/mol. The molecule has 3 aromatic carbocycles. The summed E-state index contributed by atoms with van der Waals surface area (Å²) in [6, 6.07) is 15.2. The molecule has 3 aromatic rings. The van der Waals surface area contributed by atoms with Crippen molar-refractivity contribution in [2.75, 3.05) is 11.4 Å². The maximum Gasteiger partial charge on any atom is 0.308 e. The number of benzene rings is 3. The zero-order valence-electron chi connectivity index (χ0n) is 20.5. The molecular formula is C27H21Cl2N3O7. The third-order valence-corrected chi connectivity index (χ3v) is 6.59. The number of nitrogens with zero attached hydrogens (tertiary/aromatic N) is 3. The first-order valence-corrected chi connectivity index (χ1v) is 12.5. The molecule has 200 valence electrons. The van der Waals surface area contributed by atoms with Gasteiger partial charge in [0.05, 0.1) is 17.0 Å². The van der Waals surface area contributed by atoms with E-state index in [9.17, 15) is 29.3 Å². The number of nitro groups is 1. The van der Waals surface area contributed by atoms with Gasteiger partial charge in [-0.2, -0.15) is 0 Å². The van der Waals surface area contributed by atoms with Crippen molar-refractivity contribution in [1.29, 1.82) is 0 Å². The molecule has 3 amide bonds. The Labute approximate surface area is 232 Å². The molecule has 1 aliphatic heterocycles. The van der Waals surface area contributed by atoms with E-state index in [-0.39, 0.29) is 35.0 Å². The van der Waals surface area contributed by atoms with Gasteiger partial charge in [-0.15, -0.1) is 0 Å². The molecule has 1 unspecified atom stereocenters. The summed E-state index contributed by atoms with van der Waals surface area (Å²) in [4.78, 5) is 64.2. The molecule has 0 radical (unpaired) electrons. The molecule has 1 fully saturated rings. The quantitative estimate of drug-likeness (QED) is 0.125. The Balaban J connectivity index is 1.65. The van der Waals surface area contributed by atoms with Crippen LogP contribution in [0.4, 0.5) is 11.4 Å². The zero-order chi connectivity index (χ0) is 28.3. The van der Waals surface area contributed by atoms with Crippen LogP contribution in [0.15, 0.2) is 66.7 Å². The second-order valence-electron chi connectivity index (χ2n) is 8.68. The molecule has 1 saturated heterocycles. The molecule has 1 heterocycles. The Morgan fingerprint density at radius 3 is 2.44 bits per heavy atom. The van der Waals surface area contributed by atoms with E-state index in [1.54, 1.807) is 24.3 Å². The van der Waals surface area contributed by atoms with E-state index in [0.29, 0.717) is 11.4 Å². The molecule has 0 spiro atoms. The fraction of sp³-hybridized carbons (Fsp3) is 0.185. The van der Waals surface area contributed by atoms with E-state index >= 15 is 0 Å². The predicted molar refractivity (Wildman–Crippen MR) is 143 cm³/mol. The predicted octanol–water partition coefficient (Wildman–Crippen LogP) is 4.84. The summed E-state index contributed by atoms with van der Waals surface area (Å²) < 4.78 is 5.00. The van der Waals surface area contributed by atoms with Gasteiger partial charge < -0.3 is 9.64 Å². The Morgan fingerprint density at radius 1 is 1.08 bits per heavy atom. The van der Waals surface area contributed by atoms with Gasteiger partial charge in [-0.3, -0.25) is 29.3 Å². The fourth-order valence-electron chi connectivity index (χ4n) is 4.25. The first-order valence-electron chi connectivity index (χ1n) is 11.7. The molecule has 4 rings (SSSR count). The molecule has 1 aliphatic rings. The van der Waals surface area contributed by atoms with Crippen molar-refractivity contribution >= 4 is 58.3 Å². The summed E-state index contributed by atoms with van der Waals surface area (Å²) in [5, 5.41) is 11.7. The molecule has 1 atom stereocenters. The summed E-state index contributed by atoms with van der Waals surface area (Å²) >= 11 is 12.0. The molecule has 0 aromatic heterocycles. The van der Waals surface area contributed by atoms with Crippen molar-refractivity contribution in [2.24, 2.45) is 0 Å². The van der Waals surface area contributed by atoms with Gasteiger partial charge in [0.25, 0.3) is 17.5 Å². The van der Waals surface area contributed by atoms with Crippen molar-refractivity contribution in [2.45, 2.75) is 25.8 Å². The van der Waals surface area contributed by atoms with Crippen LogP contribution in [0.3, 0.4) is 0 Å². The molecule has 10 nitrogen and oxygen atoms in total. The molecule has 39 heavy (non-hydrogen) atoms. The number of carbonyl (C=O) groups excluding carboxylic acids is 4. The monoisotopic (exact) mass is 569 g/mol. The number of halogens is 2. The number of rotatable bonds is 8. The van der Waals surface area contributed by atoms with E-state index in [0.717, 1.165) is 16.5 Å². The lowest BCUT2D eigenvalue weighted by Crippen LogP contribution is -2.46. The van der Waals surface area contributed by atoms with Gasteiger partial charge in [-0.05, 0) is 60.5 Å². The number of ether oxygens (including phenoxy) is 1. The smallest absolute Gasteiger partial charge is 0.308 e. The largest absolute Gasteiger partial charge is 0.427 e. The van der Waals surface area contributed by atoms with Crippen LogP contribution in [-0.4, -0.2) is 46.1 Å². The number of hydrogen-bond donors (Lipinski definition) is 0. The SMILES string of the molecule is CC(=O)Oc1ccc(N2C(=O)CC(N(CCc3cccc(Cl)c3)C(=O)c3ccc(Cl)c([N+](=O)[O-])c3)C2=O)cc1. The maximum absolute atomic E-state index is 13.7. The Hall–Kier alpha value is -4.28. The first kappa shape index (κ1) is 27.7. The van der Waals surface area contributed by atoms with Gasteiger partial charge in [-0.1, -0.05) is 35.3 Å². The van der Waals surface area contributed by atoms with Gasteiger partial charge in [0, 0.05) is 30.1 Å². The number of anilines is 1. The number of nitro benzene ring substituents is 1. The average Bonchev–Trinajstić information content (AvgIpc) is 3.17. The highest BCUT2D eigenvalue weighted by Gasteiger charge is 2.44. The number of hydrogen-bond acceptors (Lipinski definition) is 7. The van der Waals surface area contributed by atoms with Crippen LogP contribution in [0.2, 0.25) is 10.0 Å². The van der Waals surface area contributed by atoms with Crippen molar-refractivity contribution < 1.29 is 28.8 Å². The van der Waals surface area contributed by atoms with Gasteiger partial charge in [-0.25, -0.2) is 4.90 Å². The van der Waals surface area contributed by atoms with Crippen molar-refractivity contribution in [3.63, 3.8) is 0 Å². The second kappa shape index (κ2) is 11.6. The van der Waals surface area contributed by atoms with E-state index in [4.69, 9.17) is 27.9 Å². The van der Waals surface area contributed by atoms with Gasteiger partial charge in [0.1, 0.15) is 16.8 Å². The highest BCUT2D eigenvalue weighted by molar-refractivity contribution is 6.32. The number of amides is 3. The lowest BCUT2D eigenvalue weighted by molar-refractivity contribution is -0.384. The lowest BCUT2D eigenvalue weighted by Gasteiger charge is -2.28. The summed E-state index contributed by atoms with van der Waals surface area (Å²) in [5.74, 6) is -2.12. The van der Waals surface area contributed by atoms with Crippen LogP contribution >= 0.6 is 23.2 Å². The Bertz CT molecular complexity index is 1480. The van der Waals surface area contributed by atoms with E-state index in [1.165, 1.54) is 48.2 Å². The summed E-state index contributed by atoms with van der Waals surface area (Å²) in [5.41, 5.74) is 0.520. The van der Waals surface area contributed by atoms with Crippen LogP contribution in [-0.2, 0) is 20.8 Å². The van der Waals surface area contributed by atoms with Crippen LogP contribution in [0.5, 0.6) is 5.75 Å². The standard InChI is InChI=1S/C27H21Cl2N3O7/c1-16(33)39-21-8-6-20(7-9-21)31-25(34)15-24(27(31)36)30(12-11-17-3-2-4-19(28)13-17)26(35)18-5-10-22(29)23(14-18)32(37)38/h2-10,13-14,24H,11-12,15H2,1H3. The van der Waals surface area contributed by atoms with E-state index in [1.807, 2.05) is 0 Å². The highest BCUT2D eigenvalue weighted by atomic mass is 35.5. The van der Waals surface area contributed by atoms with E-state index in [2.05, 4.69) is 0 Å². The first-order chi connectivity index (χ1) is 18.5. The van der Waals surface area contributed by atoms with Crippen molar-refractivity contribution in [3.8, 4) is 5.75 Å². The Morgan fingerprint density at radius 2 is 1.79 bits per heavy atom. The van der Waals surface area contributed by atoms with E-state index < -0.39 is 40.3 Å². The zero-order valence-corrected chi connectivity index (χ0v) is 22.0. The maximum atomic E-state index is 13.7. The highest BCUT2D eigenvalue weighted by Crippen LogP contribution is 2.30. The van der Waals surface area contributed by atoms with Crippen molar-refractivity contribution in [3.05, 3.63) is 98.0 Å². The van der Waals surface area contributed by atoms with Crippen LogP contribution in [0, 0.1) is 10.1 Å². The average molecular weight is 570 g/mol. The third kappa shape index (κ3) is 6.24. The minimum Gasteiger partial charge on any atom is -0.427 e. The number of imide groups is 1. The topological polar surface area (TPSA) is 127 Å². The summed E-state index contributed by atoms with van der Waals surface area (Å²) in [6.07, 6.45) is 0.0124. The molecule has 0 aliphatic carbocycles. The number of esters is 1. The molecule has 0 saturated carbocycles. The van der Waals surface area contributed by atoms with Crippen molar-refractivity contribution in [1.82, 2.24) is 4.90 Å². The van der Waals surface area contributed by atoms with Gasteiger partial charge in [0.2, 0.25) is 5.91 Å². The molecule has 0 N–H and O–H groups in total. The third-order valence-electron chi connectivity index (χ3n) is 6.04. The molecule has 0 bridgehead atoms. The summed E-state index contributed by atoms with van der Waals surface area (Å²) in [6.45, 7) is 1.27. The minimum atomic E-state index is -1.16.